The molecular formula is C14H19BClNO2. The number of rotatable bonds is 2. The average Bonchev–Trinajstić information content (AvgIpc) is 2.49. The van der Waals surface area contributed by atoms with Crippen LogP contribution in [0.5, 0.6) is 0 Å². The molecule has 1 saturated heterocycles. The van der Waals surface area contributed by atoms with E-state index in [0.717, 1.165) is 11.3 Å². The maximum absolute atomic E-state index is 6.04. The molecule has 0 spiro atoms. The van der Waals surface area contributed by atoms with Crippen LogP contribution in [0.2, 0.25) is 5.02 Å². The van der Waals surface area contributed by atoms with Crippen molar-refractivity contribution in [3.05, 3.63) is 34.5 Å². The molecule has 1 aromatic rings. The zero-order valence-electron chi connectivity index (χ0n) is 12.0. The Morgan fingerprint density at radius 1 is 1.21 bits per heavy atom. The Hall–Kier alpha value is -0.835. The quantitative estimate of drug-likeness (QED) is 0.774. The first-order chi connectivity index (χ1) is 8.71. The van der Waals surface area contributed by atoms with E-state index in [2.05, 4.69) is 4.98 Å². The molecule has 0 atom stereocenters. The van der Waals surface area contributed by atoms with E-state index >= 15 is 0 Å². The molecule has 0 amide bonds. The van der Waals surface area contributed by atoms with Gasteiger partial charge < -0.3 is 9.31 Å². The Bertz CT molecular complexity index is 498. The van der Waals surface area contributed by atoms with Crippen LogP contribution in [0.4, 0.5) is 0 Å². The van der Waals surface area contributed by atoms with Gasteiger partial charge >= 0.3 is 7.12 Å². The fraction of sp³-hybridized carbons (Fsp3) is 0.500. The fourth-order valence-electron chi connectivity index (χ4n) is 1.77. The highest BCUT2D eigenvalue weighted by molar-refractivity contribution is 6.52. The van der Waals surface area contributed by atoms with Crippen molar-refractivity contribution < 1.29 is 9.31 Å². The SMILES string of the molecule is Cc1ncc(/C=C/B2OC(C)(C)C(C)(C)O2)cc1Cl. The van der Waals surface area contributed by atoms with Crippen molar-refractivity contribution in [2.45, 2.75) is 45.8 Å². The van der Waals surface area contributed by atoms with E-state index in [-0.39, 0.29) is 18.3 Å². The molecule has 0 saturated carbocycles. The molecule has 5 heteroatoms. The normalized spacial score (nSPS) is 21.3. The molecule has 2 heterocycles. The van der Waals surface area contributed by atoms with Gasteiger partial charge in [-0.2, -0.15) is 0 Å². The lowest BCUT2D eigenvalue weighted by Crippen LogP contribution is -2.41. The molecule has 3 nitrogen and oxygen atoms in total. The third kappa shape index (κ3) is 3.02. The van der Waals surface area contributed by atoms with Crippen molar-refractivity contribution in [2.75, 3.05) is 0 Å². The predicted molar refractivity (Wildman–Crippen MR) is 79.1 cm³/mol. The fourth-order valence-corrected chi connectivity index (χ4v) is 1.94. The number of pyridine rings is 1. The summed E-state index contributed by atoms with van der Waals surface area (Å²) in [6.45, 7) is 10.0. The Morgan fingerprint density at radius 3 is 2.32 bits per heavy atom. The topological polar surface area (TPSA) is 31.4 Å². The second-order valence-electron chi connectivity index (χ2n) is 5.82. The van der Waals surface area contributed by atoms with E-state index in [1.807, 2.05) is 52.7 Å². The molecule has 0 unspecified atom stereocenters. The summed E-state index contributed by atoms with van der Waals surface area (Å²) in [6.07, 6.45) is 3.70. The van der Waals surface area contributed by atoms with E-state index < -0.39 is 0 Å². The average molecular weight is 280 g/mol. The highest BCUT2D eigenvalue weighted by Crippen LogP contribution is 2.37. The van der Waals surface area contributed by atoms with Crippen LogP contribution >= 0.6 is 11.6 Å². The third-order valence-electron chi connectivity index (χ3n) is 3.76. The van der Waals surface area contributed by atoms with Crippen LogP contribution in [0.3, 0.4) is 0 Å². The maximum Gasteiger partial charge on any atom is 0.487 e. The van der Waals surface area contributed by atoms with Crippen molar-refractivity contribution in [1.29, 1.82) is 0 Å². The van der Waals surface area contributed by atoms with Gasteiger partial charge in [-0.25, -0.2) is 0 Å². The molecule has 1 fully saturated rings. The summed E-state index contributed by atoms with van der Waals surface area (Å²) in [5.74, 6) is 1.89. The van der Waals surface area contributed by atoms with Crippen LogP contribution in [-0.2, 0) is 9.31 Å². The molecule has 0 radical (unpaired) electrons. The first-order valence-corrected chi connectivity index (χ1v) is 6.75. The van der Waals surface area contributed by atoms with Crippen molar-refractivity contribution in [1.82, 2.24) is 4.98 Å². The Labute approximate surface area is 120 Å². The van der Waals surface area contributed by atoms with Gasteiger partial charge in [0.05, 0.1) is 21.9 Å². The smallest absolute Gasteiger partial charge is 0.400 e. The summed E-state index contributed by atoms with van der Waals surface area (Å²) in [5, 5.41) is 0.663. The van der Waals surface area contributed by atoms with Gasteiger partial charge in [0, 0.05) is 6.20 Å². The van der Waals surface area contributed by atoms with E-state index in [1.54, 1.807) is 6.20 Å². The van der Waals surface area contributed by atoms with Crippen LogP contribution < -0.4 is 0 Å². The Kier molecular flexibility index (Phi) is 3.78. The molecular weight excluding hydrogens is 260 g/mol. The van der Waals surface area contributed by atoms with Crippen molar-refractivity contribution >= 4 is 24.8 Å². The molecule has 102 valence electrons. The zero-order chi connectivity index (χ0) is 14.3. The number of nitrogens with zero attached hydrogens (tertiary/aromatic N) is 1. The first kappa shape index (κ1) is 14.6. The summed E-state index contributed by atoms with van der Waals surface area (Å²) in [7, 11) is -0.343. The van der Waals surface area contributed by atoms with Crippen LogP contribution in [0, 0.1) is 6.92 Å². The van der Waals surface area contributed by atoms with Gasteiger partial charge in [-0.3, -0.25) is 4.98 Å². The van der Waals surface area contributed by atoms with Gasteiger partial charge in [-0.1, -0.05) is 23.7 Å². The summed E-state index contributed by atoms with van der Waals surface area (Å²) in [6, 6.07) is 1.88. The van der Waals surface area contributed by atoms with Crippen molar-refractivity contribution in [3.8, 4) is 0 Å². The highest BCUT2D eigenvalue weighted by atomic mass is 35.5. The minimum absolute atomic E-state index is 0.314. The molecule has 1 aromatic heterocycles. The first-order valence-electron chi connectivity index (χ1n) is 6.37. The van der Waals surface area contributed by atoms with Crippen LogP contribution in [0.25, 0.3) is 6.08 Å². The number of aryl methyl sites for hydroxylation is 1. The molecule has 0 N–H and O–H groups in total. The molecule has 0 bridgehead atoms. The van der Waals surface area contributed by atoms with Crippen LogP contribution in [0.15, 0.2) is 18.2 Å². The van der Waals surface area contributed by atoms with Crippen LogP contribution in [-0.4, -0.2) is 23.3 Å². The van der Waals surface area contributed by atoms with Gasteiger partial charge in [0.2, 0.25) is 0 Å². The van der Waals surface area contributed by atoms with E-state index in [1.165, 1.54) is 0 Å². The summed E-state index contributed by atoms with van der Waals surface area (Å²) >= 11 is 6.04. The molecule has 19 heavy (non-hydrogen) atoms. The Morgan fingerprint density at radius 2 is 1.79 bits per heavy atom. The lowest BCUT2D eigenvalue weighted by Gasteiger charge is -2.32. The van der Waals surface area contributed by atoms with Crippen LogP contribution in [0.1, 0.15) is 39.0 Å². The minimum Gasteiger partial charge on any atom is -0.400 e. The zero-order valence-corrected chi connectivity index (χ0v) is 12.8. The maximum atomic E-state index is 6.04. The van der Waals surface area contributed by atoms with Crippen molar-refractivity contribution in [2.24, 2.45) is 0 Å². The standard InChI is InChI=1S/C14H19BClNO2/c1-10-12(16)8-11(9-17-10)6-7-15-18-13(2,3)14(4,5)19-15/h6-9H,1-5H3/b7-6+. The lowest BCUT2D eigenvalue weighted by molar-refractivity contribution is 0.00578. The van der Waals surface area contributed by atoms with E-state index in [4.69, 9.17) is 20.9 Å². The number of aromatic nitrogens is 1. The lowest BCUT2D eigenvalue weighted by atomic mass is 9.89. The van der Waals surface area contributed by atoms with Gasteiger partial charge in [0.1, 0.15) is 0 Å². The van der Waals surface area contributed by atoms with E-state index in [0.29, 0.717) is 5.02 Å². The van der Waals surface area contributed by atoms with Gasteiger partial charge in [-0.05, 0) is 46.2 Å². The Balaban J connectivity index is 2.10. The second kappa shape index (κ2) is 4.93. The second-order valence-corrected chi connectivity index (χ2v) is 6.23. The molecule has 0 aliphatic carbocycles. The van der Waals surface area contributed by atoms with Crippen molar-refractivity contribution in [3.63, 3.8) is 0 Å². The van der Waals surface area contributed by atoms with Gasteiger partial charge in [-0.15, -0.1) is 0 Å². The summed E-state index contributed by atoms with van der Waals surface area (Å²) in [5.41, 5.74) is 1.14. The molecule has 2 rings (SSSR count). The van der Waals surface area contributed by atoms with Gasteiger partial charge in [0.25, 0.3) is 0 Å². The highest BCUT2D eigenvalue weighted by Gasteiger charge is 2.49. The van der Waals surface area contributed by atoms with E-state index in [9.17, 15) is 0 Å². The minimum atomic E-state index is -0.343. The monoisotopic (exact) mass is 279 g/mol. The molecule has 1 aliphatic heterocycles. The number of hydrogen-bond donors (Lipinski definition) is 0. The summed E-state index contributed by atoms with van der Waals surface area (Å²) < 4.78 is 11.8. The largest absolute Gasteiger partial charge is 0.487 e. The summed E-state index contributed by atoms with van der Waals surface area (Å²) in [4.78, 5) is 4.22. The third-order valence-corrected chi connectivity index (χ3v) is 4.15. The number of halogens is 1. The predicted octanol–water partition coefficient (Wildman–Crippen LogP) is 3.69. The van der Waals surface area contributed by atoms with Gasteiger partial charge in [0.15, 0.2) is 0 Å². The molecule has 0 aromatic carbocycles. The molecule has 1 aliphatic rings. The number of hydrogen-bond acceptors (Lipinski definition) is 3.